The number of rotatable bonds is 7. The normalized spacial score (nSPS) is 11.4. The van der Waals surface area contributed by atoms with Crippen LogP contribution >= 0.6 is 0 Å². The van der Waals surface area contributed by atoms with Gasteiger partial charge in [0.15, 0.2) is 17.5 Å². The van der Waals surface area contributed by atoms with Gasteiger partial charge in [-0.2, -0.15) is 8.78 Å². The van der Waals surface area contributed by atoms with Gasteiger partial charge in [0.05, 0.1) is 7.11 Å². The average molecular weight is 367 g/mol. The molecule has 0 radical (unpaired) electrons. The summed E-state index contributed by atoms with van der Waals surface area (Å²) in [5.74, 6) is 0.419. The summed E-state index contributed by atoms with van der Waals surface area (Å²) in [7, 11) is 2.99. The molecule has 0 aliphatic rings. The Morgan fingerprint density at radius 3 is 2.19 bits per heavy atom. The second-order valence-corrected chi connectivity index (χ2v) is 5.27. The van der Waals surface area contributed by atoms with Gasteiger partial charge >= 0.3 is 6.61 Å². The van der Waals surface area contributed by atoms with Crippen molar-refractivity contribution in [1.29, 1.82) is 0 Å². The highest BCUT2D eigenvalue weighted by Crippen LogP contribution is 2.29. The Hall–Kier alpha value is -2.90. The van der Waals surface area contributed by atoms with Gasteiger partial charge in [0.2, 0.25) is 0 Å². The van der Waals surface area contributed by atoms with Crippen LogP contribution in [-0.2, 0) is 13.1 Å². The summed E-state index contributed by atoms with van der Waals surface area (Å²) in [6.07, 6.45) is 0. The fraction of sp³-hybridized carbons (Fsp3) is 0.278. The quantitative estimate of drug-likeness (QED) is 0.582. The number of halogens is 3. The van der Waals surface area contributed by atoms with Gasteiger partial charge < -0.3 is 20.1 Å². The van der Waals surface area contributed by atoms with Crippen LogP contribution in [0.5, 0.6) is 11.5 Å². The lowest BCUT2D eigenvalue weighted by Crippen LogP contribution is -2.36. The molecule has 2 aromatic carbocycles. The number of hydrogen-bond acceptors (Lipinski definition) is 3. The Bertz CT molecular complexity index is 737. The molecule has 0 heterocycles. The van der Waals surface area contributed by atoms with E-state index in [9.17, 15) is 13.2 Å². The molecule has 0 aliphatic heterocycles. The minimum Gasteiger partial charge on any atom is -0.493 e. The van der Waals surface area contributed by atoms with E-state index in [0.717, 1.165) is 5.56 Å². The Morgan fingerprint density at radius 2 is 1.62 bits per heavy atom. The van der Waals surface area contributed by atoms with E-state index < -0.39 is 6.61 Å². The van der Waals surface area contributed by atoms with E-state index >= 15 is 0 Å². The van der Waals surface area contributed by atoms with Crippen LogP contribution in [-0.4, -0.2) is 26.7 Å². The van der Waals surface area contributed by atoms with Gasteiger partial charge in [0, 0.05) is 20.1 Å². The highest BCUT2D eigenvalue weighted by molar-refractivity contribution is 5.79. The Labute approximate surface area is 149 Å². The molecule has 0 atom stereocenters. The second-order valence-electron chi connectivity index (χ2n) is 5.27. The fourth-order valence-electron chi connectivity index (χ4n) is 2.21. The number of hydrogen-bond donors (Lipinski definition) is 2. The predicted molar refractivity (Wildman–Crippen MR) is 93.1 cm³/mol. The van der Waals surface area contributed by atoms with Gasteiger partial charge in [-0.1, -0.05) is 18.2 Å². The first kappa shape index (κ1) is 19.4. The van der Waals surface area contributed by atoms with Crippen molar-refractivity contribution in [3.05, 3.63) is 59.4 Å². The van der Waals surface area contributed by atoms with E-state index in [4.69, 9.17) is 4.74 Å². The number of methoxy groups -OCH3 is 1. The molecule has 5 nitrogen and oxygen atoms in total. The van der Waals surface area contributed by atoms with E-state index in [1.165, 1.54) is 25.3 Å². The molecule has 0 saturated heterocycles. The maximum absolute atomic E-state index is 12.9. The molecule has 8 heteroatoms. The third kappa shape index (κ3) is 5.87. The van der Waals surface area contributed by atoms with Crippen LogP contribution in [0, 0.1) is 5.82 Å². The van der Waals surface area contributed by atoms with E-state index in [2.05, 4.69) is 20.4 Å². The van der Waals surface area contributed by atoms with Crippen molar-refractivity contribution in [2.45, 2.75) is 19.7 Å². The second kappa shape index (κ2) is 9.55. The molecule has 2 rings (SSSR count). The number of aliphatic imine (C=N–C) groups is 1. The average Bonchev–Trinajstić information content (AvgIpc) is 2.63. The summed E-state index contributed by atoms with van der Waals surface area (Å²) in [6.45, 7) is -2.13. The SMILES string of the molecule is CN=C(NCc1ccc(F)cc1)NCc1ccc(OC)c(OC(F)F)c1. The lowest BCUT2D eigenvalue weighted by Gasteiger charge is -2.14. The number of nitrogens with one attached hydrogen (secondary N) is 2. The minimum absolute atomic E-state index is 0.0314. The smallest absolute Gasteiger partial charge is 0.387 e. The van der Waals surface area contributed by atoms with Crippen LogP contribution in [0.15, 0.2) is 47.5 Å². The van der Waals surface area contributed by atoms with Crippen molar-refractivity contribution < 1.29 is 22.6 Å². The molecule has 0 bridgehead atoms. The van der Waals surface area contributed by atoms with Crippen molar-refractivity contribution in [2.24, 2.45) is 4.99 Å². The first-order valence-corrected chi connectivity index (χ1v) is 7.82. The molecule has 26 heavy (non-hydrogen) atoms. The fourth-order valence-corrected chi connectivity index (χ4v) is 2.21. The van der Waals surface area contributed by atoms with E-state index in [0.29, 0.717) is 24.6 Å². The lowest BCUT2D eigenvalue weighted by molar-refractivity contribution is -0.0512. The van der Waals surface area contributed by atoms with Crippen LogP contribution in [0.25, 0.3) is 0 Å². The molecule has 2 aromatic rings. The van der Waals surface area contributed by atoms with Crippen LogP contribution in [0.2, 0.25) is 0 Å². The first-order chi connectivity index (χ1) is 12.5. The van der Waals surface area contributed by atoms with Crippen molar-refractivity contribution in [3.63, 3.8) is 0 Å². The van der Waals surface area contributed by atoms with Crippen LogP contribution in [0.3, 0.4) is 0 Å². The summed E-state index contributed by atoms with van der Waals surface area (Å²) < 4.78 is 47.3. The molecule has 140 valence electrons. The van der Waals surface area contributed by atoms with Crippen LogP contribution in [0.4, 0.5) is 13.2 Å². The summed E-state index contributed by atoms with van der Waals surface area (Å²) in [5, 5.41) is 6.15. The zero-order valence-corrected chi connectivity index (χ0v) is 14.4. The van der Waals surface area contributed by atoms with Crippen LogP contribution < -0.4 is 20.1 Å². The van der Waals surface area contributed by atoms with Gasteiger partial charge in [-0.05, 0) is 35.4 Å². The summed E-state index contributed by atoms with van der Waals surface area (Å²) in [6, 6.07) is 10.9. The van der Waals surface area contributed by atoms with Gasteiger partial charge in [0.25, 0.3) is 0 Å². The largest absolute Gasteiger partial charge is 0.493 e. The maximum Gasteiger partial charge on any atom is 0.387 e. The van der Waals surface area contributed by atoms with E-state index in [-0.39, 0.29) is 17.3 Å². The predicted octanol–water partition coefficient (Wildman–Crippen LogP) is 3.30. The Kier molecular flexibility index (Phi) is 7.13. The number of guanidine groups is 1. The van der Waals surface area contributed by atoms with Gasteiger partial charge in [-0.3, -0.25) is 4.99 Å². The van der Waals surface area contributed by atoms with Crippen molar-refractivity contribution >= 4 is 5.96 Å². The molecule has 0 fully saturated rings. The third-order valence-electron chi connectivity index (χ3n) is 3.50. The van der Waals surface area contributed by atoms with Crippen molar-refractivity contribution in [3.8, 4) is 11.5 Å². The highest BCUT2D eigenvalue weighted by Gasteiger charge is 2.11. The zero-order valence-electron chi connectivity index (χ0n) is 14.4. The molecule has 0 spiro atoms. The van der Waals surface area contributed by atoms with E-state index in [1.807, 2.05) is 0 Å². The van der Waals surface area contributed by atoms with Crippen LogP contribution in [0.1, 0.15) is 11.1 Å². The number of ether oxygens (including phenoxy) is 2. The minimum atomic E-state index is -2.93. The molecular formula is C18H20F3N3O2. The number of alkyl halides is 2. The monoisotopic (exact) mass is 367 g/mol. The molecular weight excluding hydrogens is 347 g/mol. The molecule has 0 saturated carbocycles. The number of benzene rings is 2. The molecule has 0 unspecified atom stereocenters. The van der Waals surface area contributed by atoms with Gasteiger partial charge in [-0.15, -0.1) is 0 Å². The highest BCUT2D eigenvalue weighted by atomic mass is 19.3. The Balaban J connectivity index is 1.94. The standard InChI is InChI=1S/C18H20F3N3O2/c1-22-18(23-10-12-3-6-14(19)7-4-12)24-11-13-5-8-15(25-2)16(9-13)26-17(20)21/h3-9,17H,10-11H2,1-2H3,(H2,22,23,24). The van der Waals surface area contributed by atoms with Crippen molar-refractivity contribution in [1.82, 2.24) is 10.6 Å². The summed E-state index contributed by atoms with van der Waals surface area (Å²) >= 11 is 0. The topological polar surface area (TPSA) is 54.9 Å². The summed E-state index contributed by atoms with van der Waals surface area (Å²) in [4.78, 5) is 4.08. The van der Waals surface area contributed by atoms with Gasteiger partial charge in [0.1, 0.15) is 5.82 Å². The molecule has 2 N–H and O–H groups in total. The zero-order chi connectivity index (χ0) is 18.9. The molecule has 0 amide bonds. The summed E-state index contributed by atoms with van der Waals surface area (Å²) in [5.41, 5.74) is 1.61. The molecule has 0 aliphatic carbocycles. The number of nitrogens with zero attached hydrogens (tertiary/aromatic N) is 1. The lowest BCUT2D eigenvalue weighted by atomic mass is 10.2. The third-order valence-corrected chi connectivity index (χ3v) is 3.50. The van der Waals surface area contributed by atoms with Gasteiger partial charge in [-0.25, -0.2) is 4.39 Å². The maximum atomic E-state index is 12.9. The van der Waals surface area contributed by atoms with E-state index in [1.54, 1.807) is 31.3 Å². The first-order valence-electron chi connectivity index (χ1n) is 7.82. The van der Waals surface area contributed by atoms with Crippen molar-refractivity contribution in [2.75, 3.05) is 14.2 Å². The Morgan fingerprint density at radius 1 is 1.00 bits per heavy atom. The molecule has 0 aromatic heterocycles.